The van der Waals surface area contributed by atoms with Gasteiger partial charge in [0.25, 0.3) is 0 Å². The average molecular weight is 396 g/mol. The Labute approximate surface area is 174 Å². The molecule has 148 valence electrons. The molecule has 2 N–H and O–H groups in total. The summed E-state index contributed by atoms with van der Waals surface area (Å²) < 4.78 is 5.99. The largest absolute Gasteiger partial charge is 0.455 e. The van der Waals surface area contributed by atoms with Gasteiger partial charge in [-0.15, -0.1) is 0 Å². The molecule has 0 aliphatic carbocycles. The number of hydrogen-bond acceptors (Lipinski definition) is 6. The molecule has 0 saturated carbocycles. The Hall–Kier alpha value is -4.19. The molecule has 0 saturated heterocycles. The Balaban J connectivity index is 1.50. The Morgan fingerprint density at radius 1 is 0.833 bits per heavy atom. The summed E-state index contributed by atoms with van der Waals surface area (Å²) in [5.41, 5.74) is 2.24. The van der Waals surface area contributed by atoms with Crippen LogP contribution in [-0.2, 0) is 0 Å². The number of nitrogens with one attached hydrogen (secondary N) is 2. The summed E-state index contributed by atoms with van der Waals surface area (Å²) in [6, 6.07) is 26.2. The second kappa shape index (κ2) is 8.87. The lowest BCUT2D eigenvalue weighted by Crippen LogP contribution is -2.01. The van der Waals surface area contributed by atoms with E-state index in [0.29, 0.717) is 23.1 Å². The minimum absolute atomic E-state index is 0.0281. The number of ketones is 1. The van der Waals surface area contributed by atoms with Gasteiger partial charge in [-0.3, -0.25) is 4.79 Å². The first kappa shape index (κ1) is 19.1. The monoisotopic (exact) mass is 396 g/mol. The van der Waals surface area contributed by atoms with E-state index in [9.17, 15) is 4.79 Å². The maximum absolute atomic E-state index is 11.4. The molecule has 0 spiro atoms. The highest BCUT2D eigenvalue weighted by Crippen LogP contribution is 2.31. The van der Waals surface area contributed by atoms with Gasteiger partial charge in [-0.2, -0.15) is 4.98 Å². The minimum atomic E-state index is 0.0281. The molecule has 30 heavy (non-hydrogen) atoms. The number of hydrogen-bond donors (Lipinski definition) is 2. The minimum Gasteiger partial charge on any atom is -0.455 e. The van der Waals surface area contributed by atoms with E-state index in [2.05, 4.69) is 20.6 Å². The molecule has 3 aromatic carbocycles. The van der Waals surface area contributed by atoms with Gasteiger partial charge in [-0.1, -0.05) is 30.3 Å². The number of rotatable bonds is 7. The lowest BCUT2D eigenvalue weighted by molar-refractivity contribution is 0.101. The zero-order chi connectivity index (χ0) is 20.8. The van der Waals surface area contributed by atoms with Gasteiger partial charge in [0.15, 0.2) is 11.5 Å². The van der Waals surface area contributed by atoms with E-state index < -0.39 is 0 Å². The number of para-hydroxylation sites is 3. The molecule has 0 fully saturated rings. The summed E-state index contributed by atoms with van der Waals surface area (Å²) in [6.45, 7) is 1.54. The van der Waals surface area contributed by atoms with Crippen molar-refractivity contribution in [2.75, 3.05) is 10.6 Å². The summed E-state index contributed by atoms with van der Waals surface area (Å²) in [7, 11) is 0. The first-order valence-electron chi connectivity index (χ1n) is 9.47. The van der Waals surface area contributed by atoms with E-state index >= 15 is 0 Å². The van der Waals surface area contributed by atoms with Crippen molar-refractivity contribution in [3.8, 4) is 11.5 Å². The molecule has 0 radical (unpaired) electrons. The van der Waals surface area contributed by atoms with E-state index in [1.54, 1.807) is 31.3 Å². The predicted octanol–water partition coefficient (Wildman–Crippen LogP) is 5.96. The Kier molecular flexibility index (Phi) is 5.66. The van der Waals surface area contributed by atoms with Crippen LogP contribution in [0, 0.1) is 0 Å². The third-order valence-corrected chi connectivity index (χ3v) is 4.32. The third kappa shape index (κ3) is 4.80. The highest BCUT2D eigenvalue weighted by molar-refractivity contribution is 5.94. The van der Waals surface area contributed by atoms with Crippen LogP contribution >= 0.6 is 0 Å². The quantitative estimate of drug-likeness (QED) is 0.376. The molecule has 0 bridgehead atoms. The van der Waals surface area contributed by atoms with Crippen LogP contribution in [0.5, 0.6) is 11.5 Å². The zero-order valence-electron chi connectivity index (χ0n) is 16.4. The number of carbonyl (C=O) groups is 1. The number of benzene rings is 3. The number of ether oxygens (including phenoxy) is 1. The fourth-order valence-electron chi connectivity index (χ4n) is 2.82. The molecule has 1 heterocycles. The lowest BCUT2D eigenvalue weighted by Gasteiger charge is -2.13. The molecule has 6 nitrogen and oxygen atoms in total. The number of carbonyl (C=O) groups excluding carboxylic acids is 1. The van der Waals surface area contributed by atoms with Crippen molar-refractivity contribution in [1.29, 1.82) is 0 Å². The topological polar surface area (TPSA) is 76.1 Å². The van der Waals surface area contributed by atoms with E-state index in [0.717, 1.165) is 17.1 Å². The maximum Gasteiger partial charge on any atom is 0.229 e. The summed E-state index contributed by atoms with van der Waals surface area (Å²) in [4.78, 5) is 20.2. The van der Waals surface area contributed by atoms with Gasteiger partial charge < -0.3 is 15.4 Å². The van der Waals surface area contributed by atoms with Crippen LogP contribution in [-0.4, -0.2) is 15.8 Å². The van der Waals surface area contributed by atoms with Crippen LogP contribution in [0.2, 0.25) is 0 Å². The third-order valence-electron chi connectivity index (χ3n) is 4.32. The van der Waals surface area contributed by atoms with E-state index in [1.807, 2.05) is 66.7 Å². The number of anilines is 4. The first-order valence-corrected chi connectivity index (χ1v) is 9.47. The number of Topliss-reactive ketones (excluding diaryl/α,β-unsaturated/α-hetero) is 1. The van der Waals surface area contributed by atoms with Crippen LogP contribution in [0.15, 0.2) is 91.1 Å². The summed E-state index contributed by atoms with van der Waals surface area (Å²) >= 11 is 0. The fourth-order valence-corrected chi connectivity index (χ4v) is 2.82. The molecule has 0 aliphatic rings. The normalized spacial score (nSPS) is 10.3. The molecular weight excluding hydrogens is 376 g/mol. The maximum atomic E-state index is 11.4. The van der Waals surface area contributed by atoms with Crippen molar-refractivity contribution >= 4 is 28.9 Å². The standard InChI is InChI=1S/C24H20N4O2/c1-17(29)18-11-13-19(14-12-18)26-24-25-16-15-23(28-24)27-21-9-5-6-10-22(21)30-20-7-3-2-4-8-20/h2-16H,1H3,(H2,25,26,27,28). The Morgan fingerprint density at radius 2 is 1.57 bits per heavy atom. The van der Waals surface area contributed by atoms with Crippen LogP contribution in [0.1, 0.15) is 17.3 Å². The van der Waals surface area contributed by atoms with Gasteiger partial charge in [-0.05, 0) is 61.5 Å². The van der Waals surface area contributed by atoms with Crippen molar-refractivity contribution in [2.24, 2.45) is 0 Å². The highest BCUT2D eigenvalue weighted by atomic mass is 16.5. The smallest absolute Gasteiger partial charge is 0.229 e. The highest BCUT2D eigenvalue weighted by Gasteiger charge is 2.07. The SMILES string of the molecule is CC(=O)c1ccc(Nc2nccc(Nc3ccccc3Oc3ccccc3)n2)cc1. The molecule has 0 amide bonds. The molecule has 6 heteroatoms. The van der Waals surface area contributed by atoms with Crippen LogP contribution in [0.3, 0.4) is 0 Å². The Bertz CT molecular complexity index is 1150. The van der Waals surface area contributed by atoms with Gasteiger partial charge in [0.05, 0.1) is 5.69 Å². The van der Waals surface area contributed by atoms with Crippen LogP contribution < -0.4 is 15.4 Å². The summed E-state index contributed by atoms with van der Waals surface area (Å²) in [6.07, 6.45) is 1.67. The first-order chi connectivity index (χ1) is 14.7. The molecular formula is C24H20N4O2. The van der Waals surface area contributed by atoms with Crippen LogP contribution in [0.25, 0.3) is 0 Å². The summed E-state index contributed by atoms with van der Waals surface area (Å²) in [5, 5.41) is 6.43. The zero-order valence-corrected chi connectivity index (χ0v) is 16.4. The molecule has 1 aromatic heterocycles. The predicted molar refractivity (Wildman–Crippen MR) is 118 cm³/mol. The molecule has 4 aromatic rings. The molecule has 4 rings (SSSR count). The average Bonchev–Trinajstić information content (AvgIpc) is 2.76. The van der Waals surface area contributed by atoms with Crippen molar-refractivity contribution in [2.45, 2.75) is 6.92 Å². The Morgan fingerprint density at radius 3 is 2.33 bits per heavy atom. The van der Waals surface area contributed by atoms with Gasteiger partial charge in [0.1, 0.15) is 11.6 Å². The van der Waals surface area contributed by atoms with E-state index in [1.165, 1.54) is 0 Å². The van der Waals surface area contributed by atoms with Gasteiger partial charge in [0.2, 0.25) is 5.95 Å². The van der Waals surface area contributed by atoms with E-state index in [-0.39, 0.29) is 5.78 Å². The lowest BCUT2D eigenvalue weighted by atomic mass is 10.1. The molecule has 0 aliphatic heterocycles. The molecule has 0 atom stereocenters. The fraction of sp³-hybridized carbons (Fsp3) is 0.0417. The van der Waals surface area contributed by atoms with Gasteiger partial charge in [-0.25, -0.2) is 4.98 Å². The second-order valence-corrected chi connectivity index (χ2v) is 6.56. The van der Waals surface area contributed by atoms with Crippen molar-refractivity contribution in [3.63, 3.8) is 0 Å². The van der Waals surface area contributed by atoms with Gasteiger partial charge >= 0.3 is 0 Å². The number of nitrogens with zero attached hydrogens (tertiary/aromatic N) is 2. The van der Waals surface area contributed by atoms with Crippen molar-refractivity contribution in [3.05, 3.63) is 96.7 Å². The van der Waals surface area contributed by atoms with E-state index in [4.69, 9.17) is 4.74 Å². The number of aromatic nitrogens is 2. The molecule has 0 unspecified atom stereocenters. The van der Waals surface area contributed by atoms with Gasteiger partial charge in [0, 0.05) is 17.4 Å². The van der Waals surface area contributed by atoms with Crippen LogP contribution in [0.4, 0.5) is 23.1 Å². The summed E-state index contributed by atoms with van der Waals surface area (Å²) in [5.74, 6) is 2.54. The second-order valence-electron chi connectivity index (χ2n) is 6.56. The van der Waals surface area contributed by atoms with Crippen molar-refractivity contribution in [1.82, 2.24) is 9.97 Å². The van der Waals surface area contributed by atoms with Crippen molar-refractivity contribution < 1.29 is 9.53 Å².